The van der Waals surface area contributed by atoms with Gasteiger partial charge in [0, 0.05) is 5.56 Å². The lowest BCUT2D eigenvalue weighted by Crippen LogP contribution is -2.00. The lowest BCUT2D eigenvalue weighted by atomic mass is 10.1. The lowest BCUT2D eigenvalue weighted by molar-refractivity contribution is -0.104. The molecule has 0 radical (unpaired) electrons. The van der Waals surface area contributed by atoms with Gasteiger partial charge >= 0.3 is 0 Å². The van der Waals surface area contributed by atoms with Crippen LogP contribution in [0.2, 0.25) is 0 Å². The number of Topliss-reactive ketones (excluding diaryl/α,β-unsaturated/α-hetero) is 1. The molecule has 0 aliphatic heterocycles. The summed E-state index contributed by atoms with van der Waals surface area (Å²) in [7, 11) is 0. The van der Waals surface area contributed by atoms with E-state index in [0.717, 1.165) is 11.1 Å². The van der Waals surface area contributed by atoms with E-state index in [1.807, 2.05) is 19.9 Å². The van der Waals surface area contributed by atoms with Crippen LogP contribution < -0.4 is 0 Å². The summed E-state index contributed by atoms with van der Waals surface area (Å²) in [5.74, 6) is -0.457. The van der Waals surface area contributed by atoms with Gasteiger partial charge in [-0.2, -0.15) is 0 Å². The average molecular weight is 162 g/mol. The minimum atomic E-state index is -0.457. The first-order chi connectivity index (χ1) is 5.63. The summed E-state index contributed by atoms with van der Waals surface area (Å²) in [6.45, 7) is 3.79. The summed E-state index contributed by atoms with van der Waals surface area (Å²) in [6, 6.07) is 5.38. The molecular formula is C10H10O2. The van der Waals surface area contributed by atoms with E-state index < -0.39 is 5.78 Å². The van der Waals surface area contributed by atoms with Gasteiger partial charge in [0.15, 0.2) is 6.29 Å². The molecule has 0 heterocycles. The highest BCUT2D eigenvalue weighted by molar-refractivity contribution is 6.33. The molecule has 0 fully saturated rings. The molecule has 0 aromatic heterocycles. The smallest absolute Gasteiger partial charge is 0.225 e. The minimum Gasteiger partial charge on any atom is -0.294 e. The van der Waals surface area contributed by atoms with Crippen molar-refractivity contribution in [1.29, 1.82) is 0 Å². The summed E-state index contributed by atoms with van der Waals surface area (Å²) in [5, 5.41) is 0. The molecule has 1 aromatic rings. The topological polar surface area (TPSA) is 34.1 Å². The number of ketones is 1. The van der Waals surface area contributed by atoms with Crippen LogP contribution in [0, 0.1) is 13.8 Å². The Kier molecular flexibility index (Phi) is 2.38. The van der Waals surface area contributed by atoms with E-state index in [2.05, 4.69) is 0 Å². The molecule has 0 aliphatic carbocycles. The Morgan fingerprint density at radius 3 is 2.08 bits per heavy atom. The van der Waals surface area contributed by atoms with E-state index in [1.165, 1.54) is 0 Å². The van der Waals surface area contributed by atoms with Crippen LogP contribution in [0.1, 0.15) is 21.5 Å². The summed E-state index contributed by atoms with van der Waals surface area (Å²) in [4.78, 5) is 21.1. The van der Waals surface area contributed by atoms with Gasteiger partial charge in [0.2, 0.25) is 5.78 Å². The first-order valence-corrected chi connectivity index (χ1v) is 3.71. The molecule has 12 heavy (non-hydrogen) atoms. The molecule has 1 rings (SSSR count). The molecule has 0 atom stereocenters. The zero-order valence-electron chi connectivity index (χ0n) is 7.13. The Bertz CT molecular complexity index is 306. The molecule has 0 aliphatic rings. The Morgan fingerprint density at radius 2 is 1.67 bits per heavy atom. The number of hydrogen-bond donors (Lipinski definition) is 0. The van der Waals surface area contributed by atoms with Gasteiger partial charge in [-0.1, -0.05) is 17.2 Å². The van der Waals surface area contributed by atoms with E-state index in [1.54, 1.807) is 12.1 Å². The van der Waals surface area contributed by atoms with Crippen molar-refractivity contribution in [3.05, 3.63) is 34.9 Å². The van der Waals surface area contributed by atoms with Gasteiger partial charge in [-0.05, 0) is 26.0 Å². The van der Waals surface area contributed by atoms with E-state index in [0.29, 0.717) is 11.8 Å². The zero-order valence-corrected chi connectivity index (χ0v) is 7.13. The second-order valence-electron chi connectivity index (χ2n) is 2.86. The Labute approximate surface area is 71.2 Å². The standard InChI is InChI=1S/C10H10O2/c1-7-3-8(2)5-9(4-7)10(12)6-11/h3-6H,1-2H3. The molecule has 0 saturated heterocycles. The quantitative estimate of drug-likeness (QED) is 0.376. The fourth-order valence-corrected chi connectivity index (χ4v) is 1.18. The van der Waals surface area contributed by atoms with Crippen molar-refractivity contribution in [2.75, 3.05) is 0 Å². The SMILES string of the molecule is Cc1cc(C)cc(C(=O)C=O)c1. The molecule has 1 aromatic carbocycles. The maximum atomic E-state index is 10.9. The van der Waals surface area contributed by atoms with E-state index in [-0.39, 0.29) is 0 Å². The molecule has 0 N–H and O–H groups in total. The van der Waals surface area contributed by atoms with Gasteiger partial charge in [0.25, 0.3) is 0 Å². The number of aldehydes is 1. The van der Waals surface area contributed by atoms with Crippen LogP contribution >= 0.6 is 0 Å². The van der Waals surface area contributed by atoms with E-state index >= 15 is 0 Å². The predicted octanol–water partition coefficient (Wildman–Crippen LogP) is 1.69. The highest BCUT2D eigenvalue weighted by Gasteiger charge is 2.03. The highest BCUT2D eigenvalue weighted by atomic mass is 16.2. The van der Waals surface area contributed by atoms with Crippen LogP contribution in [0.4, 0.5) is 0 Å². The largest absolute Gasteiger partial charge is 0.294 e. The minimum absolute atomic E-state index is 0.341. The van der Waals surface area contributed by atoms with Crippen molar-refractivity contribution in [2.24, 2.45) is 0 Å². The third-order valence-corrected chi connectivity index (χ3v) is 1.61. The van der Waals surface area contributed by atoms with Gasteiger partial charge in [-0.3, -0.25) is 9.59 Å². The first-order valence-electron chi connectivity index (χ1n) is 3.71. The second kappa shape index (κ2) is 3.30. The van der Waals surface area contributed by atoms with Crippen LogP contribution in [0.3, 0.4) is 0 Å². The molecule has 2 heteroatoms. The van der Waals surface area contributed by atoms with E-state index in [9.17, 15) is 9.59 Å². The van der Waals surface area contributed by atoms with Crippen molar-refractivity contribution in [1.82, 2.24) is 0 Å². The van der Waals surface area contributed by atoms with Gasteiger partial charge in [0.05, 0.1) is 0 Å². The van der Waals surface area contributed by atoms with Crippen molar-refractivity contribution < 1.29 is 9.59 Å². The zero-order chi connectivity index (χ0) is 9.14. The van der Waals surface area contributed by atoms with Crippen LogP contribution in [0.15, 0.2) is 18.2 Å². The van der Waals surface area contributed by atoms with Crippen molar-refractivity contribution in [3.8, 4) is 0 Å². The molecule has 0 saturated carbocycles. The van der Waals surface area contributed by atoms with Gasteiger partial charge < -0.3 is 0 Å². The summed E-state index contributed by atoms with van der Waals surface area (Å²) >= 11 is 0. The summed E-state index contributed by atoms with van der Waals surface area (Å²) in [6.07, 6.45) is 0.341. The van der Waals surface area contributed by atoms with Crippen molar-refractivity contribution >= 4 is 12.1 Å². The third-order valence-electron chi connectivity index (χ3n) is 1.61. The number of benzene rings is 1. The normalized spacial score (nSPS) is 9.50. The van der Waals surface area contributed by atoms with Crippen molar-refractivity contribution in [2.45, 2.75) is 13.8 Å². The molecule has 0 bridgehead atoms. The number of carbonyl (C=O) groups excluding carboxylic acids is 2. The third kappa shape index (κ3) is 1.78. The van der Waals surface area contributed by atoms with Crippen LogP contribution in [0.5, 0.6) is 0 Å². The van der Waals surface area contributed by atoms with Gasteiger partial charge in [0.1, 0.15) is 0 Å². The number of rotatable bonds is 2. The van der Waals surface area contributed by atoms with Gasteiger partial charge in [-0.25, -0.2) is 0 Å². The summed E-state index contributed by atoms with van der Waals surface area (Å²) < 4.78 is 0. The van der Waals surface area contributed by atoms with Crippen LogP contribution in [0.25, 0.3) is 0 Å². The number of aryl methyl sites for hydroxylation is 2. The fourth-order valence-electron chi connectivity index (χ4n) is 1.18. The molecule has 0 spiro atoms. The monoisotopic (exact) mass is 162 g/mol. The Hall–Kier alpha value is -1.44. The molecule has 62 valence electrons. The van der Waals surface area contributed by atoms with Crippen LogP contribution in [-0.2, 0) is 4.79 Å². The second-order valence-corrected chi connectivity index (χ2v) is 2.86. The van der Waals surface area contributed by atoms with Crippen LogP contribution in [-0.4, -0.2) is 12.1 Å². The summed E-state index contributed by atoms with van der Waals surface area (Å²) in [5.41, 5.74) is 2.47. The maximum absolute atomic E-state index is 10.9. The number of carbonyl (C=O) groups is 2. The molecule has 0 unspecified atom stereocenters. The molecule has 0 amide bonds. The highest BCUT2D eigenvalue weighted by Crippen LogP contribution is 2.08. The predicted molar refractivity (Wildman–Crippen MR) is 46.3 cm³/mol. The number of hydrogen-bond acceptors (Lipinski definition) is 2. The average Bonchev–Trinajstić information content (AvgIpc) is 2.01. The van der Waals surface area contributed by atoms with Gasteiger partial charge in [-0.15, -0.1) is 0 Å². The van der Waals surface area contributed by atoms with Crippen molar-refractivity contribution in [3.63, 3.8) is 0 Å². The Morgan fingerprint density at radius 1 is 1.17 bits per heavy atom. The fraction of sp³-hybridized carbons (Fsp3) is 0.200. The van der Waals surface area contributed by atoms with E-state index in [4.69, 9.17) is 0 Å². The molecular weight excluding hydrogens is 152 g/mol. The molecule has 2 nitrogen and oxygen atoms in total. The Balaban J connectivity index is 3.17. The maximum Gasteiger partial charge on any atom is 0.225 e. The first kappa shape index (κ1) is 8.65. The lowest BCUT2D eigenvalue weighted by Gasteiger charge is -1.99.